The summed E-state index contributed by atoms with van der Waals surface area (Å²) in [5, 5.41) is 16.5. The van der Waals surface area contributed by atoms with Gasteiger partial charge >= 0.3 is 0 Å². The second kappa shape index (κ2) is 8.18. The highest BCUT2D eigenvalue weighted by Crippen LogP contribution is 2.22. The van der Waals surface area contributed by atoms with E-state index in [4.69, 9.17) is 9.15 Å². The summed E-state index contributed by atoms with van der Waals surface area (Å²) >= 11 is 0. The third kappa shape index (κ3) is 5.62. The Balaban J connectivity index is 1.80. The Kier molecular flexibility index (Phi) is 6.22. The number of aryl methyl sites for hydroxylation is 1. The quantitative estimate of drug-likeness (QED) is 0.684. The molecule has 25 heavy (non-hydrogen) atoms. The zero-order valence-electron chi connectivity index (χ0n) is 15.1. The van der Waals surface area contributed by atoms with Gasteiger partial charge in [0.1, 0.15) is 22.9 Å². The molecule has 6 heteroatoms. The molecule has 1 amide bonds. The molecule has 2 unspecified atom stereocenters. The van der Waals surface area contributed by atoms with Gasteiger partial charge in [-0.05, 0) is 57.2 Å². The van der Waals surface area contributed by atoms with Crippen LogP contribution in [0.1, 0.15) is 31.8 Å². The molecule has 2 atom stereocenters. The summed E-state index contributed by atoms with van der Waals surface area (Å²) in [6.45, 7) is 5.70. The molecule has 0 fully saturated rings. The van der Waals surface area contributed by atoms with Crippen LogP contribution in [0.3, 0.4) is 0 Å². The number of aliphatic hydroxyl groups is 1. The van der Waals surface area contributed by atoms with Crippen LogP contribution in [-0.4, -0.2) is 30.7 Å². The number of amides is 1. The topological polar surface area (TPSA) is 83.7 Å². The van der Waals surface area contributed by atoms with Crippen molar-refractivity contribution < 1.29 is 19.1 Å². The molecule has 0 saturated carbocycles. The van der Waals surface area contributed by atoms with Gasteiger partial charge in [-0.15, -0.1) is 0 Å². The fourth-order valence-corrected chi connectivity index (χ4v) is 2.42. The largest absolute Gasteiger partial charge is 0.497 e. The number of methoxy groups -OCH3 is 1. The fraction of sp³-hybridized carbons (Fsp3) is 0.421. The molecular formula is C19H26N2O4. The summed E-state index contributed by atoms with van der Waals surface area (Å²) in [6.07, 6.45) is 0.291. The Hall–Kier alpha value is -2.31. The van der Waals surface area contributed by atoms with Crippen molar-refractivity contribution in [2.24, 2.45) is 0 Å². The lowest BCUT2D eigenvalue weighted by atomic mass is 10.0. The maximum atomic E-state index is 12.1. The van der Waals surface area contributed by atoms with Gasteiger partial charge < -0.3 is 24.9 Å². The van der Waals surface area contributed by atoms with E-state index in [-0.39, 0.29) is 18.5 Å². The number of ether oxygens (including phenoxy) is 1. The summed E-state index contributed by atoms with van der Waals surface area (Å²) in [7, 11) is 1.60. The van der Waals surface area contributed by atoms with E-state index in [0.717, 1.165) is 17.2 Å². The molecule has 3 N–H and O–H groups in total. The number of hydrogen-bond donors (Lipinski definition) is 3. The Morgan fingerprint density at radius 2 is 1.96 bits per heavy atom. The Morgan fingerprint density at radius 3 is 2.52 bits per heavy atom. The van der Waals surface area contributed by atoms with Gasteiger partial charge in [0.25, 0.3) is 0 Å². The second-order valence-corrected chi connectivity index (χ2v) is 6.45. The molecule has 0 aliphatic carbocycles. The van der Waals surface area contributed by atoms with Gasteiger partial charge in [-0.25, -0.2) is 0 Å². The van der Waals surface area contributed by atoms with Gasteiger partial charge in [-0.2, -0.15) is 0 Å². The van der Waals surface area contributed by atoms with Crippen LogP contribution in [0.5, 0.6) is 5.75 Å². The van der Waals surface area contributed by atoms with E-state index in [1.165, 1.54) is 0 Å². The monoisotopic (exact) mass is 346 g/mol. The highest BCUT2D eigenvalue weighted by molar-refractivity contribution is 5.91. The lowest BCUT2D eigenvalue weighted by Crippen LogP contribution is -2.40. The predicted octanol–water partition coefficient (Wildman–Crippen LogP) is 2.81. The summed E-state index contributed by atoms with van der Waals surface area (Å²) in [5.74, 6) is 1.90. The highest BCUT2D eigenvalue weighted by atomic mass is 16.5. The minimum atomic E-state index is -1.13. The minimum Gasteiger partial charge on any atom is -0.497 e. The van der Waals surface area contributed by atoms with Crippen molar-refractivity contribution in [1.82, 2.24) is 5.32 Å². The van der Waals surface area contributed by atoms with Crippen LogP contribution in [0.4, 0.5) is 5.69 Å². The van der Waals surface area contributed by atoms with Gasteiger partial charge in [0.15, 0.2) is 0 Å². The molecule has 0 saturated heterocycles. The first kappa shape index (κ1) is 19.0. The summed E-state index contributed by atoms with van der Waals surface area (Å²) in [5.41, 5.74) is -0.411. The first-order chi connectivity index (χ1) is 11.8. The Bertz CT molecular complexity index is 692. The first-order valence-electron chi connectivity index (χ1n) is 8.27. The van der Waals surface area contributed by atoms with Crippen molar-refractivity contribution in [2.45, 2.75) is 38.8 Å². The molecule has 0 spiro atoms. The molecule has 0 aliphatic heterocycles. The molecule has 136 valence electrons. The lowest BCUT2D eigenvalue weighted by molar-refractivity contribution is -0.116. The number of carbonyl (C=O) groups is 1. The molecule has 1 heterocycles. The van der Waals surface area contributed by atoms with Gasteiger partial charge in [0.05, 0.1) is 7.11 Å². The SMILES string of the molecule is COc1ccc(NC(=O)CC(C)NCC(C)(O)c2ccc(C)o2)cc1. The standard InChI is InChI=1S/C19H26N2O4/c1-13(20-12-19(3,23)17-10-5-14(2)25-17)11-18(22)21-15-6-8-16(24-4)9-7-15/h5-10,13,20,23H,11-12H2,1-4H3,(H,21,22). The van der Waals surface area contributed by atoms with Crippen molar-refractivity contribution in [3.63, 3.8) is 0 Å². The van der Waals surface area contributed by atoms with Crippen molar-refractivity contribution in [1.29, 1.82) is 0 Å². The number of furan rings is 1. The predicted molar refractivity (Wildman–Crippen MR) is 96.7 cm³/mol. The number of anilines is 1. The van der Waals surface area contributed by atoms with E-state index in [1.54, 1.807) is 44.4 Å². The van der Waals surface area contributed by atoms with Crippen LogP contribution in [0.2, 0.25) is 0 Å². The number of carbonyl (C=O) groups excluding carboxylic acids is 1. The maximum absolute atomic E-state index is 12.1. The molecular weight excluding hydrogens is 320 g/mol. The smallest absolute Gasteiger partial charge is 0.225 e. The third-order valence-electron chi connectivity index (χ3n) is 3.93. The lowest BCUT2D eigenvalue weighted by Gasteiger charge is -2.24. The van der Waals surface area contributed by atoms with Gasteiger partial charge in [0, 0.05) is 24.7 Å². The van der Waals surface area contributed by atoms with E-state index >= 15 is 0 Å². The third-order valence-corrected chi connectivity index (χ3v) is 3.93. The molecule has 1 aromatic heterocycles. The van der Waals surface area contributed by atoms with E-state index in [1.807, 2.05) is 19.9 Å². The molecule has 0 bridgehead atoms. The normalized spacial score (nSPS) is 14.6. The Morgan fingerprint density at radius 1 is 1.28 bits per heavy atom. The minimum absolute atomic E-state index is 0.0965. The average Bonchev–Trinajstić information content (AvgIpc) is 3.01. The number of hydrogen-bond acceptors (Lipinski definition) is 5. The van der Waals surface area contributed by atoms with Crippen LogP contribution < -0.4 is 15.4 Å². The van der Waals surface area contributed by atoms with Crippen molar-refractivity contribution in [3.8, 4) is 5.75 Å². The van der Waals surface area contributed by atoms with E-state index in [2.05, 4.69) is 10.6 Å². The molecule has 1 aromatic carbocycles. The fourth-order valence-electron chi connectivity index (χ4n) is 2.42. The van der Waals surface area contributed by atoms with Gasteiger partial charge in [0.2, 0.25) is 5.91 Å². The first-order valence-corrected chi connectivity index (χ1v) is 8.27. The molecule has 2 aromatic rings. The highest BCUT2D eigenvalue weighted by Gasteiger charge is 2.27. The van der Waals surface area contributed by atoms with Crippen molar-refractivity contribution in [3.05, 3.63) is 47.9 Å². The summed E-state index contributed by atoms with van der Waals surface area (Å²) in [4.78, 5) is 12.1. The Labute approximate surface area is 148 Å². The number of rotatable bonds is 8. The van der Waals surface area contributed by atoms with Gasteiger partial charge in [-0.3, -0.25) is 4.79 Å². The molecule has 2 rings (SSSR count). The van der Waals surface area contributed by atoms with Crippen LogP contribution in [-0.2, 0) is 10.4 Å². The zero-order valence-corrected chi connectivity index (χ0v) is 15.1. The van der Waals surface area contributed by atoms with Gasteiger partial charge in [-0.1, -0.05) is 0 Å². The zero-order chi connectivity index (χ0) is 18.4. The van der Waals surface area contributed by atoms with E-state index in [0.29, 0.717) is 12.2 Å². The number of nitrogens with one attached hydrogen (secondary N) is 2. The average molecular weight is 346 g/mol. The van der Waals surface area contributed by atoms with Crippen LogP contribution in [0.15, 0.2) is 40.8 Å². The molecule has 0 radical (unpaired) electrons. The van der Waals surface area contributed by atoms with Crippen molar-refractivity contribution >= 4 is 11.6 Å². The van der Waals surface area contributed by atoms with Crippen LogP contribution >= 0.6 is 0 Å². The number of benzene rings is 1. The molecule has 0 aliphatic rings. The second-order valence-electron chi connectivity index (χ2n) is 6.45. The summed E-state index contributed by atoms with van der Waals surface area (Å²) < 4.78 is 10.6. The molecule has 6 nitrogen and oxygen atoms in total. The van der Waals surface area contributed by atoms with Crippen LogP contribution in [0.25, 0.3) is 0 Å². The van der Waals surface area contributed by atoms with E-state index in [9.17, 15) is 9.90 Å². The summed E-state index contributed by atoms with van der Waals surface area (Å²) in [6, 6.07) is 10.6. The van der Waals surface area contributed by atoms with E-state index < -0.39 is 5.60 Å². The maximum Gasteiger partial charge on any atom is 0.225 e. The van der Waals surface area contributed by atoms with Crippen molar-refractivity contribution in [2.75, 3.05) is 19.0 Å². The van der Waals surface area contributed by atoms with Crippen LogP contribution in [0, 0.1) is 6.92 Å².